The first-order valence-corrected chi connectivity index (χ1v) is 11.6. The smallest absolute Gasteiger partial charge is 0.273 e. The average Bonchev–Trinajstić information content (AvgIpc) is 2.93. The molecule has 0 bridgehead atoms. The Morgan fingerprint density at radius 1 is 0.892 bits per heavy atom. The van der Waals surface area contributed by atoms with Crippen LogP contribution in [-0.4, -0.2) is 65.9 Å². The lowest BCUT2D eigenvalue weighted by atomic mass is 10.0. The molecule has 0 aliphatic carbocycles. The molecule has 0 spiro atoms. The molecule has 3 amide bonds. The maximum atomic E-state index is 13.1. The minimum Gasteiger partial charge on any atom is -0.493 e. The van der Waals surface area contributed by atoms with Crippen LogP contribution in [-0.2, 0) is 0 Å². The van der Waals surface area contributed by atoms with Crippen molar-refractivity contribution in [3.8, 4) is 11.5 Å². The summed E-state index contributed by atoms with van der Waals surface area (Å²) >= 11 is 0. The summed E-state index contributed by atoms with van der Waals surface area (Å²) < 4.78 is 23.7. The summed E-state index contributed by atoms with van der Waals surface area (Å²) in [6.45, 7) is 0.902. The van der Waals surface area contributed by atoms with Crippen LogP contribution in [0.4, 0.5) is 10.2 Å². The minimum absolute atomic E-state index is 0.00427. The summed E-state index contributed by atoms with van der Waals surface area (Å²) in [6, 6.07) is 9.83. The van der Waals surface area contributed by atoms with Crippen molar-refractivity contribution >= 4 is 23.5 Å². The van der Waals surface area contributed by atoms with Crippen LogP contribution in [0.5, 0.6) is 11.5 Å². The number of carbonyl (C=O) groups excluding carboxylic acids is 3. The van der Waals surface area contributed by atoms with Crippen LogP contribution in [0.2, 0.25) is 0 Å². The Balaban J connectivity index is 1.36. The third-order valence-electron chi connectivity index (χ3n) is 6.00. The van der Waals surface area contributed by atoms with Gasteiger partial charge in [-0.1, -0.05) is 0 Å². The first-order valence-electron chi connectivity index (χ1n) is 11.6. The first kappa shape index (κ1) is 25.5. The van der Waals surface area contributed by atoms with Gasteiger partial charge in [-0.05, 0) is 55.3 Å². The number of piperidine rings is 1. The highest BCUT2D eigenvalue weighted by molar-refractivity contribution is 6.07. The normalized spacial score (nSPS) is 13.5. The van der Waals surface area contributed by atoms with Crippen molar-refractivity contribution in [3.63, 3.8) is 0 Å². The topological polar surface area (TPSA) is 123 Å². The highest BCUT2D eigenvalue weighted by atomic mass is 19.1. The monoisotopic (exact) mass is 507 g/mol. The number of amides is 3. The molecular weight excluding hydrogens is 481 g/mol. The molecule has 1 aliphatic heterocycles. The molecule has 1 aromatic heterocycles. The third-order valence-corrected chi connectivity index (χ3v) is 6.00. The van der Waals surface area contributed by atoms with E-state index in [4.69, 9.17) is 9.47 Å². The van der Waals surface area contributed by atoms with Crippen LogP contribution in [0.1, 0.15) is 44.0 Å². The zero-order chi connectivity index (χ0) is 26.4. The van der Waals surface area contributed by atoms with Crippen LogP contribution in [0.25, 0.3) is 0 Å². The van der Waals surface area contributed by atoms with E-state index in [1.807, 2.05) is 0 Å². The number of methoxy groups -OCH3 is 2. The van der Waals surface area contributed by atoms with Gasteiger partial charge in [0.15, 0.2) is 23.0 Å². The van der Waals surface area contributed by atoms with E-state index in [1.54, 1.807) is 23.1 Å². The number of nitrogens with zero attached hydrogens (tertiary/aromatic N) is 3. The summed E-state index contributed by atoms with van der Waals surface area (Å²) in [5, 5.41) is 5.47. The van der Waals surface area contributed by atoms with Gasteiger partial charge in [0.1, 0.15) is 5.82 Å². The van der Waals surface area contributed by atoms with Gasteiger partial charge in [0, 0.05) is 42.7 Å². The SMILES string of the molecule is COc1ccc(C(=O)N2CCC(NC(=O)c3nccnc3NC(=O)c3ccc(F)cc3)CC2)cc1OC. The van der Waals surface area contributed by atoms with Crippen molar-refractivity contribution in [2.24, 2.45) is 0 Å². The molecular formula is C26H26FN5O5. The van der Waals surface area contributed by atoms with E-state index >= 15 is 0 Å². The molecule has 37 heavy (non-hydrogen) atoms. The van der Waals surface area contributed by atoms with Crippen molar-refractivity contribution in [2.75, 3.05) is 32.6 Å². The molecule has 2 aromatic carbocycles. The Bertz CT molecular complexity index is 1290. The molecule has 2 heterocycles. The van der Waals surface area contributed by atoms with Crippen LogP contribution in [0, 0.1) is 5.82 Å². The Hall–Kier alpha value is -4.54. The predicted octanol–water partition coefficient (Wildman–Crippen LogP) is 2.92. The Morgan fingerprint density at radius 2 is 1.54 bits per heavy atom. The number of carbonyl (C=O) groups is 3. The van der Waals surface area contributed by atoms with Gasteiger partial charge >= 0.3 is 0 Å². The van der Waals surface area contributed by atoms with E-state index in [0.717, 1.165) is 0 Å². The number of benzene rings is 2. The van der Waals surface area contributed by atoms with Gasteiger partial charge in [0.2, 0.25) is 0 Å². The van der Waals surface area contributed by atoms with Gasteiger partial charge in [-0.25, -0.2) is 14.4 Å². The van der Waals surface area contributed by atoms with Gasteiger partial charge < -0.3 is 25.0 Å². The van der Waals surface area contributed by atoms with E-state index in [9.17, 15) is 18.8 Å². The molecule has 10 nitrogen and oxygen atoms in total. The minimum atomic E-state index is -0.545. The molecule has 192 valence electrons. The number of hydrogen-bond acceptors (Lipinski definition) is 7. The fourth-order valence-electron chi connectivity index (χ4n) is 4.01. The van der Waals surface area contributed by atoms with Crippen molar-refractivity contribution in [1.82, 2.24) is 20.2 Å². The van der Waals surface area contributed by atoms with E-state index in [-0.39, 0.29) is 29.0 Å². The third kappa shape index (κ3) is 6.00. The van der Waals surface area contributed by atoms with Crippen molar-refractivity contribution in [1.29, 1.82) is 0 Å². The quantitative estimate of drug-likeness (QED) is 0.504. The second-order valence-corrected chi connectivity index (χ2v) is 8.32. The van der Waals surface area contributed by atoms with Gasteiger partial charge in [-0.15, -0.1) is 0 Å². The molecule has 4 rings (SSSR count). The summed E-state index contributed by atoms with van der Waals surface area (Å²) in [4.78, 5) is 48.3. The Kier molecular flexibility index (Phi) is 7.92. The fourth-order valence-corrected chi connectivity index (χ4v) is 4.01. The predicted molar refractivity (Wildman–Crippen MR) is 132 cm³/mol. The van der Waals surface area contributed by atoms with Gasteiger partial charge in [0.25, 0.3) is 17.7 Å². The van der Waals surface area contributed by atoms with Crippen LogP contribution in [0.15, 0.2) is 54.9 Å². The zero-order valence-electron chi connectivity index (χ0n) is 20.4. The van der Waals surface area contributed by atoms with E-state index in [0.29, 0.717) is 43.0 Å². The summed E-state index contributed by atoms with van der Waals surface area (Å²) in [7, 11) is 3.04. The highest BCUT2D eigenvalue weighted by Crippen LogP contribution is 2.28. The van der Waals surface area contributed by atoms with Crippen LogP contribution in [0.3, 0.4) is 0 Å². The lowest BCUT2D eigenvalue weighted by Crippen LogP contribution is -2.46. The van der Waals surface area contributed by atoms with E-state index in [2.05, 4.69) is 20.6 Å². The lowest BCUT2D eigenvalue weighted by Gasteiger charge is -2.32. The number of nitrogens with one attached hydrogen (secondary N) is 2. The Morgan fingerprint density at radius 3 is 2.22 bits per heavy atom. The molecule has 2 N–H and O–H groups in total. The number of rotatable bonds is 7. The average molecular weight is 508 g/mol. The molecule has 0 unspecified atom stereocenters. The molecule has 0 atom stereocenters. The van der Waals surface area contributed by atoms with Crippen LogP contribution < -0.4 is 20.1 Å². The molecule has 11 heteroatoms. The molecule has 1 saturated heterocycles. The van der Waals surface area contributed by atoms with Gasteiger partial charge in [0.05, 0.1) is 14.2 Å². The van der Waals surface area contributed by atoms with E-state index < -0.39 is 17.6 Å². The number of anilines is 1. The van der Waals surface area contributed by atoms with Crippen molar-refractivity contribution < 1.29 is 28.2 Å². The number of halogens is 1. The molecule has 0 radical (unpaired) electrons. The zero-order valence-corrected chi connectivity index (χ0v) is 20.4. The maximum Gasteiger partial charge on any atom is 0.273 e. The molecule has 1 fully saturated rings. The van der Waals surface area contributed by atoms with Gasteiger partial charge in [-0.3, -0.25) is 14.4 Å². The number of likely N-dealkylation sites (tertiary alicyclic amines) is 1. The van der Waals surface area contributed by atoms with Crippen LogP contribution >= 0.6 is 0 Å². The van der Waals surface area contributed by atoms with Gasteiger partial charge in [-0.2, -0.15) is 0 Å². The highest BCUT2D eigenvalue weighted by Gasteiger charge is 2.27. The standard InChI is InChI=1S/C26H26FN5O5/c1-36-20-8-5-17(15-21(20)37-2)26(35)32-13-9-19(10-14-32)30-25(34)22-23(29-12-11-28-22)31-24(33)16-3-6-18(27)7-4-16/h3-8,11-12,15,19H,9-10,13-14H2,1-2H3,(H,30,34)(H,29,31,33). The maximum absolute atomic E-state index is 13.1. The summed E-state index contributed by atoms with van der Waals surface area (Å²) in [5.41, 5.74) is 0.660. The summed E-state index contributed by atoms with van der Waals surface area (Å²) in [5.74, 6) is -0.628. The molecule has 0 saturated carbocycles. The lowest BCUT2D eigenvalue weighted by molar-refractivity contribution is 0.0697. The van der Waals surface area contributed by atoms with Crippen molar-refractivity contribution in [2.45, 2.75) is 18.9 Å². The fraction of sp³-hybridized carbons (Fsp3) is 0.269. The second kappa shape index (κ2) is 11.5. The number of ether oxygens (including phenoxy) is 2. The largest absolute Gasteiger partial charge is 0.493 e. The molecule has 3 aromatic rings. The Labute approximate surface area is 212 Å². The second-order valence-electron chi connectivity index (χ2n) is 8.32. The number of aromatic nitrogens is 2. The number of hydrogen-bond donors (Lipinski definition) is 2. The summed E-state index contributed by atoms with van der Waals surface area (Å²) in [6.07, 6.45) is 3.80. The van der Waals surface area contributed by atoms with E-state index in [1.165, 1.54) is 50.9 Å². The molecule has 1 aliphatic rings. The first-order chi connectivity index (χ1) is 17.9. The van der Waals surface area contributed by atoms with Crippen molar-refractivity contribution in [3.05, 3.63) is 77.5 Å².